The second-order valence-electron chi connectivity index (χ2n) is 10.3. The molecule has 0 aliphatic carbocycles. The molecule has 11 heteroatoms. The van der Waals surface area contributed by atoms with Crippen LogP contribution in [-0.4, -0.2) is 63.9 Å². The minimum absolute atomic E-state index is 0.0419. The van der Waals surface area contributed by atoms with Crippen molar-refractivity contribution in [2.24, 2.45) is 0 Å². The van der Waals surface area contributed by atoms with E-state index in [1.807, 2.05) is 6.07 Å². The molecule has 0 spiro atoms. The van der Waals surface area contributed by atoms with E-state index in [1.165, 1.54) is 21.3 Å². The van der Waals surface area contributed by atoms with E-state index in [9.17, 15) is 4.79 Å². The number of hydrogen-bond donors (Lipinski definition) is 0. The molecule has 3 rings (SSSR count). The van der Waals surface area contributed by atoms with Crippen LogP contribution in [0.15, 0.2) is 30.3 Å². The Morgan fingerprint density at radius 1 is 0.923 bits per heavy atom. The Kier molecular flexibility index (Phi) is 12.2. The molecule has 10 nitrogen and oxygen atoms in total. The molecule has 1 aliphatic heterocycles. The molecule has 0 bridgehead atoms. The van der Waals surface area contributed by atoms with E-state index in [0.717, 1.165) is 12.0 Å². The number of hydrogen-bond acceptors (Lipinski definition) is 10. The number of ether oxygens (including phenoxy) is 6. The van der Waals surface area contributed by atoms with Crippen molar-refractivity contribution in [2.45, 2.75) is 51.4 Å². The van der Waals surface area contributed by atoms with Gasteiger partial charge in [-0.05, 0) is 47.2 Å². The third-order valence-electron chi connectivity index (χ3n) is 5.66. The average molecular weight is 565 g/mol. The van der Waals surface area contributed by atoms with Gasteiger partial charge in [-0.1, -0.05) is 32.9 Å². The average Bonchev–Trinajstić information content (AvgIpc) is 2.92. The predicted octanol–water partition coefficient (Wildman–Crippen LogP) is 4.47. The maximum absolute atomic E-state index is 14.4. The Bertz CT molecular complexity index is 1030. The molecule has 39 heavy (non-hydrogen) atoms. The zero-order valence-electron chi connectivity index (χ0n) is 23.7. The van der Waals surface area contributed by atoms with E-state index in [2.05, 4.69) is 20.8 Å². The fourth-order valence-corrected chi connectivity index (χ4v) is 4.99. The molecule has 1 saturated heterocycles. The van der Waals surface area contributed by atoms with Crippen LogP contribution in [0.2, 0.25) is 5.04 Å². The van der Waals surface area contributed by atoms with Crippen LogP contribution in [0.3, 0.4) is 0 Å². The number of carbonyl (C=O) groups is 1. The molecular formula is C28H40O10Si. The number of methoxy groups -OCH3 is 3. The van der Waals surface area contributed by atoms with Crippen LogP contribution in [0.5, 0.6) is 17.2 Å². The minimum Gasteiger partial charge on any atom is -0.467 e. The van der Waals surface area contributed by atoms with Crippen molar-refractivity contribution in [2.75, 3.05) is 48.3 Å². The molecule has 1 atom stereocenters. The molecule has 2 aromatic rings. The smallest absolute Gasteiger partial charge is 0.204 e. The lowest BCUT2D eigenvalue weighted by molar-refractivity contribution is -0.348. The molecule has 1 heterocycles. The van der Waals surface area contributed by atoms with Crippen molar-refractivity contribution >= 4 is 15.5 Å². The summed E-state index contributed by atoms with van der Waals surface area (Å²) < 4.78 is 39.2. The van der Waals surface area contributed by atoms with Gasteiger partial charge in [0.1, 0.15) is 28.9 Å². The third-order valence-corrected chi connectivity index (χ3v) is 6.94. The van der Waals surface area contributed by atoms with E-state index in [-0.39, 0.29) is 36.8 Å². The molecule has 0 amide bonds. The summed E-state index contributed by atoms with van der Waals surface area (Å²) >= 11 is 0. The number of carbonyl (C=O) groups excluding carboxylic acids is 1. The summed E-state index contributed by atoms with van der Waals surface area (Å²) in [6, 6.07) is 8.91. The topological polar surface area (TPSA) is 100 Å². The van der Waals surface area contributed by atoms with Crippen LogP contribution in [-0.2, 0) is 35.0 Å². The molecule has 0 radical (unpaired) electrons. The fraction of sp³-hybridized carbons (Fsp3) is 0.536. The van der Waals surface area contributed by atoms with Gasteiger partial charge in [-0.3, -0.25) is 4.79 Å². The van der Waals surface area contributed by atoms with Crippen molar-refractivity contribution in [1.82, 2.24) is 0 Å². The van der Waals surface area contributed by atoms with Crippen LogP contribution in [0.25, 0.3) is 0 Å². The first-order chi connectivity index (χ1) is 18.8. The summed E-state index contributed by atoms with van der Waals surface area (Å²) in [5.41, 5.74) is 1.94. The standard InChI is InChI=1S/C28H40O10Si/c1-28(2,3)39-37-15-19-13-23(34-17-31-5)26(24(14-19)35-18-32-6)27(29)25-20(21-11-8-12-36-38-21)9-7-10-22(25)33-16-30-4/h7,9-10,13-14,21H,8,11-12,15-18,39H2,1-6H3. The number of benzene rings is 2. The molecule has 1 fully saturated rings. The number of ketones is 1. The predicted molar refractivity (Wildman–Crippen MR) is 146 cm³/mol. The van der Waals surface area contributed by atoms with Gasteiger partial charge in [0.15, 0.2) is 30.1 Å². The first-order valence-corrected chi connectivity index (χ1v) is 14.1. The summed E-state index contributed by atoms with van der Waals surface area (Å²) in [6.07, 6.45) is 1.02. The van der Waals surface area contributed by atoms with E-state index >= 15 is 0 Å². The van der Waals surface area contributed by atoms with Gasteiger partial charge in [0.2, 0.25) is 5.78 Å². The van der Waals surface area contributed by atoms with Gasteiger partial charge >= 0.3 is 0 Å². The third kappa shape index (κ3) is 9.00. The molecular weight excluding hydrogens is 524 g/mol. The molecule has 1 aliphatic rings. The highest BCUT2D eigenvalue weighted by Crippen LogP contribution is 2.40. The highest BCUT2D eigenvalue weighted by atomic mass is 28.2. The van der Waals surface area contributed by atoms with E-state index in [4.69, 9.17) is 42.6 Å². The molecule has 0 N–H and O–H groups in total. The van der Waals surface area contributed by atoms with Gasteiger partial charge in [-0.15, -0.1) is 0 Å². The van der Waals surface area contributed by atoms with Gasteiger partial charge in [0.05, 0.1) is 18.8 Å². The SMILES string of the molecule is COCOc1cc(CO[SiH2]C(C)(C)C)cc(OCOC)c1C(=O)c1c(OCOC)cccc1C1CCCOO1. The van der Waals surface area contributed by atoms with Gasteiger partial charge < -0.3 is 32.8 Å². The summed E-state index contributed by atoms with van der Waals surface area (Å²) in [7, 11) is 3.74. The Balaban J connectivity index is 2.13. The van der Waals surface area contributed by atoms with Crippen LogP contribution in [0, 0.1) is 0 Å². The van der Waals surface area contributed by atoms with Gasteiger partial charge in [0.25, 0.3) is 0 Å². The van der Waals surface area contributed by atoms with Crippen molar-refractivity contribution in [3.63, 3.8) is 0 Å². The largest absolute Gasteiger partial charge is 0.467 e. The monoisotopic (exact) mass is 564 g/mol. The van der Waals surface area contributed by atoms with E-state index in [1.54, 1.807) is 24.3 Å². The normalized spacial score (nSPS) is 16.0. The maximum atomic E-state index is 14.4. The maximum Gasteiger partial charge on any atom is 0.204 e. The van der Waals surface area contributed by atoms with E-state index in [0.29, 0.717) is 48.0 Å². The van der Waals surface area contributed by atoms with Gasteiger partial charge in [-0.25, -0.2) is 9.78 Å². The summed E-state index contributed by atoms with van der Waals surface area (Å²) in [4.78, 5) is 25.3. The Morgan fingerprint density at radius 3 is 2.08 bits per heavy atom. The zero-order chi connectivity index (χ0) is 28.3. The Labute approximate surface area is 232 Å². The summed E-state index contributed by atoms with van der Waals surface area (Å²) in [5, 5.41) is 0.133. The Hall–Kier alpha value is -2.51. The summed E-state index contributed by atoms with van der Waals surface area (Å²) in [6.45, 7) is 7.13. The summed E-state index contributed by atoms with van der Waals surface area (Å²) in [5.74, 6) is 0.548. The molecule has 1 unspecified atom stereocenters. The first kappa shape index (κ1) is 31.0. The lowest BCUT2D eigenvalue weighted by Crippen LogP contribution is -2.19. The Morgan fingerprint density at radius 2 is 1.54 bits per heavy atom. The second kappa shape index (κ2) is 15.3. The fourth-order valence-electron chi connectivity index (χ4n) is 4.04. The molecule has 0 aromatic heterocycles. The van der Waals surface area contributed by atoms with Crippen molar-refractivity contribution in [3.8, 4) is 17.2 Å². The second-order valence-corrected chi connectivity index (χ2v) is 13.1. The molecule has 216 valence electrons. The number of rotatable bonds is 15. The van der Waals surface area contributed by atoms with Crippen LogP contribution in [0.1, 0.15) is 66.8 Å². The molecule has 2 aromatic carbocycles. The van der Waals surface area contributed by atoms with Crippen LogP contribution < -0.4 is 14.2 Å². The lowest BCUT2D eigenvalue weighted by Gasteiger charge is -2.25. The lowest BCUT2D eigenvalue weighted by atomic mass is 9.91. The van der Waals surface area contributed by atoms with Crippen molar-refractivity contribution < 1.29 is 47.4 Å². The highest BCUT2D eigenvalue weighted by Gasteiger charge is 2.31. The molecule has 0 saturated carbocycles. The van der Waals surface area contributed by atoms with Crippen LogP contribution in [0.4, 0.5) is 0 Å². The van der Waals surface area contributed by atoms with Crippen LogP contribution >= 0.6 is 0 Å². The zero-order valence-corrected chi connectivity index (χ0v) is 25.1. The minimum atomic E-state index is -0.800. The van der Waals surface area contributed by atoms with Crippen molar-refractivity contribution in [3.05, 3.63) is 52.6 Å². The first-order valence-electron chi connectivity index (χ1n) is 12.8. The van der Waals surface area contributed by atoms with Crippen molar-refractivity contribution in [1.29, 1.82) is 0 Å². The van der Waals surface area contributed by atoms with Gasteiger partial charge in [-0.2, -0.15) is 0 Å². The quantitative estimate of drug-likeness (QED) is 0.133. The van der Waals surface area contributed by atoms with Gasteiger partial charge in [0, 0.05) is 21.3 Å². The highest BCUT2D eigenvalue weighted by molar-refractivity contribution is 6.31. The van der Waals surface area contributed by atoms with E-state index < -0.39 is 15.9 Å².